The third-order valence-corrected chi connectivity index (χ3v) is 4.99. The molecule has 0 bridgehead atoms. The zero-order chi connectivity index (χ0) is 17.1. The highest BCUT2D eigenvalue weighted by molar-refractivity contribution is 5.74. The number of likely N-dealkylation sites (N-methyl/N-ethyl adjacent to an activating group) is 1. The molecule has 1 N–H and O–H groups in total. The van der Waals surface area contributed by atoms with Gasteiger partial charge in [0.15, 0.2) is 0 Å². The van der Waals surface area contributed by atoms with Crippen molar-refractivity contribution in [3.63, 3.8) is 0 Å². The first-order valence-electron chi connectivity index (χ1n) is 8.91. The number of nitrogens with zero attached hydrogens (tertiary/aromatic N) is 2. The van der Waals surface area contributed by atoms with Crippen molar-refractivity contribution in [1.29, 1.82) is 0 Å². The van der Waals surface area contributed by atoms with Gasteiger partial charge in [0.05, 0.1) is 25.5 Å². The highest BCUT2D eigenvalue weighted by atomic mass is 16.5. The second-order valence-electron chi connectivity index (χ2n) is 7.41. The molecule has 1 aromatic rings. The van der Waals surface area contributed by atoms with Crippen molar-refractivity contribution in [3.05, 3.63) is 24.2 Å². The number of amides is 2. The van der Waals surface area contributed by atoms with E-state index >= 15 is 0 Å². The normalized spacial score (nSPS) is 26.9. The van der Waals surface area contributed by atoms with Gasteiger partial charge in [-0.1, -0.05) is 0 Å². The van der Waals surface area contributed by atoms with Gasteiger partial charge in [-0.3, -0.25) is 4.90 Å². The molecule has 3 atom stereocenters. The first-order chi connectivity index (χ1) is 11.5. The molecule has 0 spiro atoms. The second-order valence-corrected chi connectivity index (χ2v) is 7.41. The van der Waals surface area contributed by atoms with Crippen LogP contribution in [-0.2, 0) is 11.3 Å². The van der Waals surface area contributed by atoms with E-state index < -0.39 is 0 Å². The quantitative estimate of drug-likeness (QED) is 0.896. The van der Waals surface area contributed by atoms with Crippen LogP contribution in [-0.4, -0.2) is 61.3 Å². The molecule has 2 aliphatic heterocycles. The molecular formula is C18H29N3O3. The minimum Gasteiger partial charge on any atom is -0.468 e. The number of carbonyl (C=O) groups excluding carboxylic acids is 1. The lowest BCUT2D eigenvalue weighted by atomic mass is 9.84. The van der Waals surface area contributed by atoms with Crippen molar-refractivity contribution in [2.45, 2.75) is 39.0 Å². The summed E-state index contributed by atoms with van der Waals surface area (Å²) in [5.74, 6) is 1.98. The summed E-state index contributed by atoms with van der Waals surface area (Å²) in [5, 5.41) is 2.99. The molecule has 0 aliphatic carbocycles. The van der Waals surface area contributed by atoms with Crippen LogP contribution in [0.5, 0.6) is 0 Å². The lowest BCUT2D eigenvalue weighted by Gasteiger charge is -2.36. The van der Waals surface area contributed by atoms with Crippen molar-refractivity contribution >= 4 is 6.03 Å². The first-order valence-corrected chi connectivity index (χ1v) is 8.91. The monoisotopic (exact) mass is 335 g/mol. The molecule has 3 rings (SSSR count). The van der Waals surface area contributed by atoms with Gasteiger partial charge in [0.1, 0.15) is 5.76 Å². The number of hydrogen-bond acceptors (Lipinski definition) is 4. The zero-order valence-electron chi connectivity index (χ0n) is 14.9. The molecule has 0 saturated carbocycles. The number of fused-ring (bicyclic) bond motifs is 1. The molecule has 2 amide bonds. The minimum absolute atomic E-state index is 0.0573. The Morgan fingerprint density at radius 3 is 3.04 bits per heavy atom. The Morgan fingerprint density at radius 1 is 1.50 bits per heavy atom. The van der Waals surface area contributed by atoms with Crippen LogP contribution >= 0.6 is 0 Å². The van der Waals surface area contributed by atoms with Crippen LogP contribution in [0.15, 0.2) is 22.8 Å². The van der Waals surface area contributed by atoms with Crippen LogP contribution in [0.2, 0.25) is 0 Å². The van der Waals surface area contributed by atoms with E-state index in [1.807, 2.05) is 30.9 Å². The van der Waals surface area contributed by atoms with Gasteiger partial charge >= 0.3 is 6.03 Å². The van der Waals surface area contributed by atoms with Gasteiger partial charge in [-0.05, 0) is 45.4 Å². The summed E-state index contributed by atoms with van der Waals surface area (Å²) in [5.41, 5.74) is 0. The molecule has 2 saturated heterocycles. The molecule has 24 heavy (non-hydrogen) atoms. The van der Waals surface area contributed by atoms with Gasteiger partial charge in [0, 0.05) is 31.6 Å². The maximum atomic E-state index is 12.2. The summed E-state index contributed by atoms with van der Waals surface area (Å²) < 4.78 is 11.5. The Morgan fingerprint density at radius 2 is 2.33 bits per heavy atom. The van der Waals surface area contributed by atoms with Crippen LogP contribution in [0.1, 0.15) is 26.0 Å². The zero-order valence-corrected chi connectivity index (χ0v) is 14.9. The molecule has 134 valence electrons. The van der Waals surface area contributed by atoms with Crippen LogP contribution in [0.3, 0.4) is 0 Å². The van der Waals surface area contributed by atoms with Gasteiger partial charge < -0.3 is 19.4 Å². The van der Waals surface area contributed by atoms with Gasteiger partial charge in [-0.15, -0.1) is 0 Å². The fraction of sp³-hybridized carbons (Fsp3) is 0.722. The Balaban J connectivity index is 1.49. The molecule has 6 heteroatoms. The molecular weight excluding hydrogens is 306 g/mol. The maximum absolute atomic E-state index is 12.2. The van der Waals surface area contributed by atoms with E-state index in [4.69, 9.17) is 9.15 Å². The third-order valence-electron chi connectivity index (χ3n) is 4.99. The number of nitrogens with one attached hydrogen (secondary N) is 1. The summed E-state index contributed by atoms with van der Waals surface area (Å²) in [4.78, 5) is 16.4. The third kappa shape index (κ3) is 4.11. The van der Waals surface area contributed by atoms with Crippen LogP contribution in [0.4, 0.5) is 4.79 Å². The van der Waals surface area contributed by atoms with E-state index in [1.165, 1.54) is 0 Å². The lowest BCUT2D eigenvalue weighted by Crippen LogP contribution is -2.50. The number of piperidine rings is 1. The van der Waals surface area contributed by atoms with Crippen LogP contribution < -0.4 is 5.32 Å². The predicted molar refractivity (Wildman–Crippen MR) is 91.6 cm³/mol. The molecule has 6 nitrogen and oxygen atoms in total. The summed E-state index contributed by atoms with van der Waals surface area (Å²) >= 11 is 0. The van der Waals surface area contributed by atoms with E-state index in [-0.39, 0.29) is 18.2 Å². The molecule has 0 unspecified atom stereocenters. The average molecular weight is 335 g/mol. The molecule has 2 fully saturated rings. The van der Waals surface area contributed by atoms with E-state index in [2.05, 4.69) is 17.3 Å². The molecule has 0 radical (unpaired) electrons. The minimum atomic E-state index is 0.0573. The summed E-state index contributed by atoms with van der Waals surface area (Å²) in [7, 11) is 2.10. The van der Waals surface area contributed by atoms with Gasteiger partial charge in [-0.2, -0.15) is 0 Å². The highest BCUT2D eigenvalue weighted by Crippen LogP contribution is 2.34. The number of hydrogen-bond donors (Lipinski definition) is 1. The number of carbonyl (C=O) groups is 1. The number of urea groups is 1. The SMILES string of the molecule is CC(C)NC(=O)N1CC[C@H]2[C@H](CO[C@@H]2CN(C)Cc2ccco2)C1. The van der Waals surface area contributed by atoms with E-state index in [0.29, 0.717) is 11.8 Å². The van der Waals surface area contributed by atoms with Gasteiger partial charge in [0.2, 0.25) is 0 Å². The molecule has 0 aromatic carbocycles. The fourth-order valence-electron chi connectivity index (χ4n) is 3.84. The molecule has 1 aromatic heterocycles. The maximum Gasteiger partial charge on any atom is 0.317 e. The summed E-state index contributed by atoms with van der Waals surface area (Å²) in [6.45, 7) is 8.08. The van der Waals surface area contributed by atoms with Crippen molar-refractivity contribution in [3.8, 4) is 0 Å². The van der Waals surface area contributed by atoms with Crippen molar-refractivity contribution in [2.75, 3.05) is 33.3 Å². The predicted octanol–water partition coefficient (Wildman–Crippen LogP) is 2.17. The van der Waals surface area contributed by atoms with Crippen molar-refractivity contribution < 1.29 is 13.9 Å². The molecule has 2 aliphatic rings. The van der Waals surface area contributed by atoms with E-state index in [9.17, 15) is 4.79 Å². The number of ether oxygens (including phenoxy) is 1. The van der Waals surface area contributed by atoms with Crippen molar-refractivity contribution in [1.82, 2.24) is 15.1 Å². The topological polar surface area (TPSA) is 58.0 Å². The van der Waals surface area contributed by atoms with Gasteiger partial charge in [0.25, 0.3) is 0 Å². The Kier molecular flexibility index (Phi) is 5.46. The second kappa shape index (κ2) is 7.57. The first kappa shape index (κ1) is 17.3. The Bertz CT molecular complexity index is 532. The lowest BCUT2D eigenvalue weighted by molar-refractivity contribution is 0.0547. The Hall–Kier alpha value is -1.53. The number of rotatable bonds is 5. The van der Waals surface area contributed by atoms with Crippen LogP contribution in [0.25, 0.3) is 0 Å². The van der Waals surface area contributed by atoms with Crippen molar-refractivity contribution in [2.24, 2.45) is 11.8 Å². The van der Waals surface area contributed by atoms with E-state index in [1.54, 1.807) is 6.26 Å². The number of furan rings is 1. The van der Waals surface area contributed by atoms with E-state index in [0.717, 1.165) is 45.0 Å². The Labute approximate surface area is 144 Å². The highest BCUT2D eigenvalue weighted by Gasteiger charge is 2.42. The fourth-order valence-corrected chi connectivity index (χ4v) is 3.84. The average Bonchev–Trinajstić information content (AvgIpc) is 3.16. The summed E-state index contributed by atoms with van der Waals surface area (Å²) in [6.07, 6.45) is 2.99. The standard InChI is InChI=1S/C18H29N3O3/c1-13(2)19-18(22)21-7-6-16-14(9-21)12-24-17(16)11-20(3)10-15-5-4-8-23-15/h4-5,8,13-14,16-17H,6-7,9-12H2,1-3H3,(H,19,22)/t14-,16-,17+/m0/s1. The molecule has 3 heterocycles. The largest absolute Gasteiger partial charge is 0.468 e. The van der Waals surface area contributed by atoms with Gasteiger partial charge in [-0.25, -0.2) is 4.79 Å². The smallest absolute Gasteiger partial charge is 0.317 e. The summed E-state index contributed by atoms with van der Waals surface area (Å²) in [6, 6.07) is 4.16. The number of likely N-dealkylation sites (tertiary alicyclic amines) is 1. The van der Waals surface area contributed by atoms with Crippen LogP contribution in [0, 0.1) is 11.8 Å².